The Morgan fingerprint density at radius 2 is 2.16 bits per heavy atom. The van der Waals surface area contributed by atoms with E-state index in [-0.39, 0.29) is 11.6 Å². The summed E-state index contributed by atoms with van der Waals surface area (Å²) < 4.78 is 6.20. The van der Waals surface area contributed by atoms with Gasteiger partial charge in [-0.15, -0.1) is 0 Å². The van der Waals surface area contributed by atoms with Crippen molar-refractivity contribution in [1.29, 1.82) is 5.26 Å². The maximum absolute atomic E-state index is 8.97. The van der Waals surface area contributed by atoms with E-state index in [2.05, 4.69) is 38.4 Å². The fraction of sp³-hybridized carbons (Fsp3) is 0.421. The number of hydrogen-bond acceptors (Lipinski definition) is 6. The zero-order valence-electron chi connectivity index (χ0n) is 14.3. The molecule has 25 heavy (non-hydrogen) atoms. The van der Waals surface area contributed by atoms with Gasteiger partial charge in [-0.1, -0.05) is 12.1 Å². The van der Waals surface area contributed by atoms with Crippen LogP contribution in [0.4, 0.5) is 11.6 Å². The highest BCUT2D eigenvalue weighted by Crippen LogP contribution is 2.37. The molecule has 1 N–H and O–H groups in total. The Kier molecular flexibility index (Phi) is 4.02. The second-order valence-electron chi connectivity index (χ2n) is 6.87. The molecule has 2 aliphatic rings. The molecule has 0 radical (unpaired) electrons. The van der Waals surface area contributed by atoms with E-state index in [1.165, 1.54) is 0 Å². The summed E-state index contributed by atoms with van der Waals surface area (Å²) in [7, 11) is 0. The first-order valence-corrected chi connectivity index (χ1v) is 8.62. The zero-order chi connectivity index (χ0) is 17.3. The van der Waals surface area contributed by atoms with Crippen molar-refractivity contribution >= 4 is 11.6 Å². The van der Waals surface area contributed by atoms with Gasteiger partial charge in [0.1, 0.15) is 23.4 Å². The van der Waals surface area contributed by atoms with E-state index in [9.17, 15) is 0 Å². The van der Waals surface area contributed by atoms with Gasteiger partial charge in [-0.2, -0.15) is 5.26 Å². The lowest BCUT2D eigenvalue weighted by atomic mass is 9.97. The lowest BCUT2D eigenvalue weighted by Gasteiger charge is -2.24. The molecule has 0 aromatic carbocycles. The van der Waals surface area contributed by atoms with Crippen LogP contribution >= 0.6 is 0 Å². The Morgan fingerprint density at radius 1 is 1.28 bits per heavy atom. The first-order valence-electron chi connectivity index (χ1n) is 8.62. The quantitative estimate of drug-likeness (QED) is 0.929. The minimum atomic E-state index is -0.115. The second kappa shape index (κ2) is 6.34. The maximum atomic E-state index is 8.97. The molecule has 128 valence electrons. The van der Waals surface area contributed by atoms with E-state index >= 15 is 0 Å². The lowest BCUT2D eigenvalue weighted by Crippen LogP contribution is -2.34. The number of anilines is 2. The highest BCUT2D eigenvalue weighted by atomic mass is 16.5. The van der Waals surface area contributed by atoms with Gasteiger partial charge in [0.2, 0.25) is 0 Å². The van der Waals surface area contributed by atoms with Crippen molar-refractivity contribution in [3.8, 4) is 6.07 Å². The SMILES string of the molecule is Cc1cccc(N2CCC3(CC(Nc4cccc(C#N)n4)CO3)C2)n1. The van der Waals surface area contributed by atoms with Gasteiger partial charge in [-0.3, -0.25) is 0 Å². The molecule has 2 saturated heterocycles. The summed E-state index contributed by atoms with van der Waals surface area (Å²) in [4.78, 5) is 11.2. The largest absolute Gasteiger partial charge is 0.371 e. The molecule has 0 bridgehead atoms. The van der Waals surface area contributed by atoms with E-state index in [0.29, 0.717) is 12.3 Å². The third-order valence-electron chi connectivity index (χ3n) is 4.94. The van der Waals surface area contributed by atoms with Crippen LogP contribution in [0.15, 0.2) is 36.4 Å². The van der Waals surface area contributed by atoms with Crippen molar-refractivity contribution in [1.82, 2.24) is 9.97 Å². The van der Waals surface area contributed by atoms with Crippen LogP contribution in [-0.2, 0) is 4.74 Å². The van der Waals surface area contributed by atoms with Gasteiger partial charge in [0, 0.05) is 25.2 Å². The molecule has 2 aromatic rings. The van der Waals surface area contributed by atoms with Crippen LogP contribution in [0.2, 0.25) is 0 Å². The van der Waals surface area contributed by atoms with Crippen molar-refractivity contribution in [3.63, 3.8) is 0 Å². The first-order chi connectivity index (χ1) is 12.2. The minimum absolute atomic E-state index is 0.115. The van der Waals surface area contributed by atoms with Gasteiger partial charge >= 0.3 is 0 Å². The summed E-state index contributed by atoms with van der Waals surface area (Å²) in [6.07, 6.45) is 1.94. The van der Waals surface area contributed by atoms with Crippen molar-refractivity contribution in [2.75, 3.05) is 29.9 Å². The smallest absolute Gasteiger partial charge is 0.142 e. The summed E-state index contributed by atoms with van der Waals surface area (Å²) in [6, 6.07) is 13.9. The van der Waals surface area contributed by atoms with Gasteiger partial charge in [0.25, 0.3) is 0 Å². The maximum Gasteiger partial charge on any atom is 0.142 e. The number of nitrogens with one attached hydrogen (secondary N) is 1. The Morgan fingerprint density at radius 3 is 3.00 bits per heavy atom. The highest BCUT2D eigenvalue weighted by Gasteiger charge is 2.46. The zero-order valence-corrected chi connectivity index (χ0v) is 14.3. The summed E-state index contributed by atoms with van der Waals surface area (Å²) in [6.45, 7) is 4.51. The second-order valence-corrected chi connectivity index (χ2v) is 6.87. The predicted octanol–water partition coefficient (Wildman–Crippen LogP) is 2.51. The molecular weight excluding hydrogens is 314 g/mol. The summed E-state index contributed by atoms with van der Waals surface area (Å²) in [5.74, 6) is 1.76. The molecule has 0 aliphatic carbocycles. The molecule has 2 atom stereocenters. The number of aromatic nitrogens is 2. The number of aryl methyl sites for hydroxylation is 1. The number of nitriles is 1. The topological polar surface area (TPSA) is 74.1 Å². The lowest BCUT2D eigenvalue weighted by molar-refractivity contribution is 0.0228. The van der Waals surface area contributed by atoms with Crippen molar-refractivity contribution in [2.45, 2.75) is 31.4 Å². The Hall–Kier alpha value is -2.65. The van der Waals surface area contributed by atoms with E-state index in [1.807, 2.05) is 25.1 Å². The highest BCUT2D eigenvalue weighted by molar-refractivity contribution is 5.43. The van der Waals surface area contributed by atoms with Gasteiger partial charge in [0.05, 0.1) is 18.2 Å². The third kappa shape index (κ3) is 3.28. The Balaban J connectivity index is 1.41. The average molecular weight is 335 g/mol. The molecule has 6 nitrogen and oxygen atoms in total. The van der Waals surface area contributed by atoms with Gasteiger partial charge in [-0.05, 0) is 37.6 Å². The molecule has 0 amide bonds. The number of hydrogen-bond donors (Lipinski definition) is 1. The molecule has 0 saturated carbocycles. The third-order valence-corrected chi connectivity index (χ3v) is 4.94. The number of rotatable bonds is 3. The van der Waals surface area contributed by atoms with Crippen molar-refractivity contribution in [2.24, 2.45) is 0 Å². The molecule has 2 aliphatic heterocycles. The standard InChI is InChI=1S/C19H21N5O/c1-14-4-2-7-18(21-14)24-9-8-19(13-24)10-16(12-25-19)23-17-6-3-5-15(11-20)22-17/h2-7,16H,8-10,12-13H2,1H3,(H,22,23). The van der Waals surface area contributed by atoms with Gasteiger partial charge in [0.15, 0.2) is 0 Å². The van der Waals surface area contributed by atoms with Crippen LogP contribution in [0.3, 0.4) is 0 Å². The van der Waals surface area contributed by atoms with Crippen LogP contribution in [0.5, 0.6) is 0 Å². The monoisotopic (exact) mass is 335 g/mol. The van der Waals surface area contributed by atoms with E-state index in [1.54, 1.807) is 6.07 Å². The number of pyridine rings is 2. The number of ether oxygens (including phenoxy) is 1. The van der Waals surface area contributed by atoms with Crippen molar-refractivity contribution < 1.29 is 4.74 Å². The van der Waals surface area contributed by atoms with Crippen LogP contribution < -0.4 is 10.2 Å². The van der Waals surface area contributed by atoms with Crippen LogP contribution in [0.1, 0.15) is 24.2 Å². The Labute approximate surface area is 147 Å². The van der Waals surface area contributed by atoms with Gasteiger partial charge < -0.3 is 15.0 Å². The molecule has 2 fully saturated rings. The summed E-state index contributed by atoms with van der Waals surface area (Å²) in [5.41, 5.74) is 1.35. The average Bonchev–Trinajstić information content (AvgIpc) is 3.22. The predicted molar refractivity (Wildman–Crippen MR) is 95.5 cm³/mol. The first kappa shape index (κ1) is 15.9. The summed E-state index contributed by atoms with van der Waals surface area (Å²) in [5, 5.41) is 12.4. The normalized spacial score (nSPS) is 25.3. The van der Waals surface area contributed by atoms with E-state index < -0.39 is 0 Å². The van der Waals surface area contributed by atoms with Gasteiger partial charge in [-0.25, -0.2) is 9.97 Å². The molecule has 4 heterocycles. The molecule has 6 heteroatoms. The molecular formula is C19H21N5O. The summed E-state index contributed by atoms with van der Waals surface area (Å²) >= 11 is 0. The fourth-order valence-corrected chi connectivity index (χ4v) is 3.75. The van der Waals surface area contributed by atoms with Crippen LogP contribution in [0.25, 0.3) is 0 Å². The molecule has 2 aromatic heterocycles. The van der Waals surface area contributed by atoms with Crippen LogP contribution in [-0.4, -0.2) is 41.3 Å². The van der Waals surface area contributed by atoms with Crippen LogP contribution in [0, 0.1) is 18.3 Å². The fourth-order valence-electron chi connectivity index (χ4n) is 3.75. The minimum Gasteiger partial charge on any atom is -0.371 e. The van der Waals surface area contributed by atoms with Crippen molar-refractivity contribution in [3.05, 3.63) is 47.8 Å². The molecule has 4 rings (SSSR count). The van der Waals surface area contributed by atoms with E-state index in [4.69, 9.17) is 10.00 Å². The number of nitrogens with zero attached hydrogens (tertiary/aromatic N) is 4. The van der Waals surface area contributed by atoms with E-state index in [0.717, 1.165) is 43.3 Å². The molecule has 1 spiro atoms. The molecule has 2 unspecified atom stereocenters. The Bertz CT molecular complexity index is 817.